The number of amides is 4. The zero-order chi connectivity index (χ0) is 18.7. The van der Waals surface area contributed by atoms with Crippen molar-refractivity contribution in [2.45, 2.75) is 44.7 Å². The van der Waals surface area contributed by atoms with Gasteiger partial charge in [-0.25, -0.2) is 4.79 Å². The highest BCUT2D eigenvalue weighted by atomic mass is 16.4. The molecule has 0 saturated carbocycles. The Morgan fingerprint density at radius 2 is 2.04 bits per heavy atom. The standard InChI is InChI=1S/C18H21N3O5/c22-15(7-2-8-16(23)24)19-13-5-1-4-12(10-13)11-21-17(25)14-6-3-9-20(14)18(21)26/h1,4-5,10,14H,2-3,6-9,11H2,(H,19,22)(H,23,24). The minimum Gasteiger partial charge on any atom is -0.481 e. The summed E-state index contributed by atoms with van der Waals surface area (Å²) in [5.74, 6) is -1.35. The van der Waals surface area contributed by atoms with Gasteiger partial charge < -0.3 is 15.3 Å². The third-order valence-corrected chi connectivity index (χ3v) is 4.63. The number of nitrogens with one attached hydrogen (secondary N) is 1. The molecule has 1 aromatic rings. The van der Waals surface area contributed by atoms with Crippen molar-refractivity contribution in [2.24, 2.45) is 0 Å². The smallest absolute Gasteiger partial charge is 0.327 e. The Labute approximate surface area is 150 Å². The molecule has 8 nitrogen and oxygen atoms in total. The number of imide groups is 1. The van der Waals surface area contributed by atoms with Crippen LogP contribution >= 0.6 is 0 Å². The van der Waals surface area contributed by atoms with E-state index < -0.39 is 5.97 Å². The molecule has 1 unspecified atom stereocenters. The average Bonchev–Trinajstić information content (AvgIpc) is 3.15. The molecule has 0 aromatic heterocycles. The number of carboxylic acid groups (broad SMARTS) is 1. The number of carbonyl (C=O) groups excluding carboxylic acids is 3. The van der Waals surface area contributed by atoms with Gasteiger partial charge in [-0.05, 0) is 37.0 Å². The Morgan fingerprint density at radius 3 is 2.77 bits per heavy atom. The molecule has 138 valence electrons. The summed E-state index contributed by atoms with van der Waals surface area (Å²) in [6, 6.07) is 6.40. The molecule has 2 saturated heterocycles. The van der Waals surface area contributed by atoms with Crippen molar-refractivity contribution in [3.05, 3.63) is 29.8 Å². The van der Waals surface area contributed by atoms with Gasteiger partial charge in [-0.2, -0.15) is 0 Å². The van der Waals surface area contributed by atoms with Gasteiger partial charge in [0.2, 0.25) is 5.91 Å². The van der Waals surface area contributed by atoms with Crippen molar-refractivity contribution in [1.82, 2.24) is 9.80 Å². The van der Waals surface area contributed by atoms with Crippen molar-refractivity contribution in [3.8, 4) is 0 Å². The van der Waals surface area contributed by atoms with Crippen LogP contribution in [0.2, 0.25) is 0 Å². The number of benzene rings is 1. The first-order valence-corrected chi connectivity index (χ1v) is 8.68. The number of carboxylic acids is 1. The lowest BCUT2D eigenvalue weighted by atomic mass is 10.1. The molecule has 2 aliphatic rings. The van der Waals surface area contributed by atoms with E-state index in [0.29, 0.717) is 18.7 Å². The highest BCUT2D eigenvalue weighted by Crippen LogP contribution is 2.28. The van der Waals surface area contributed by atoms with E-state index in [2.05, 4.69) is 5.32 Å². The summed E-state index contributed by atoms with van der Waals surface area (Å²) >= 11 is 0. The predicted octanol–water partition coefficient (Wildman–Crippen LogP) is 1.81. The van der Waals surface area contributed by atoms with Crippen LogP contribution in [0, 0.1) is 0 Å². The van der Waals surface area contributed by atoms with Crippen LogP contribution in [0.15, 0.2) is 24.3 Å². The molecule has 26 heavy (non-hydrogen) atoms. The SMILES string of the molecule is O=C(O)CCCC(=O)Nc1cccc(CN2C(=O)C3CCCN3C2=O)c1. The summed E-state index contributed by atoms with van der Waals surface area (Å²) in [6.45, 7) is 0.797. The first-order chi connectivity index (χ1) is 12.5. The number of rotatable bonds is 7. The van der Waals surface area contributed by atoms with Crippen molar-refractivity contribution < 1.29 is 24.3 Å². The molecule has 0 aliphatic carbocycles. The van der Waals surface area contributed by atoms with Crippen LogP contribution in [0.25, 0.3) is 0 Å². The number of hydrogen-bond donors (Lipinski definition) is 2. The quantitative estimate of drug-likeness (QED) is 0.722. The van der Waals surface area contributed by atoms with E-state index in [1.54, 1.807) is 29.2 Å². The van der Waals surface area contributed by atoms with Crippen LogP contribution in [0.4, 0.5) is 10.5 Å². The Balaban J connectivity index is 1.59. The maximum absolute atomic E-state index is 12.4. The van der Waals surface area contributed by atoms with Crippen LogP contribution in [-0.2, 0) is 20.9 Å². The Morgan fingerprint density at radius 1 is 1.23 bits per heavy atom. The third-order valence-electron chi connectivity index (χ3n) is 4.63. The molecule has 8 heteroatoms. The maximum Gasteiger partial charge on any atom is 0.327 e. The van der Waals surface area contributed by atoms with E-state index in [4.69, 9.17) is 5.11 Å². The Bertz CT molecular complexity index is 726. The van der Waals surface area contributed by atoms with Crippen LogP contribution in [-0.4, -0.2) is 51.3 Å². The lowest BCUT2D eigenvalue weighted by molar-refractivity contribution is -0.137. The van der Waals surface area contributed by atoms with Crippen molar-refractivity contribution in [1.29, 1.82) is 0 Å². The second-order valence-corrected chi connectivity index (χ2v) is 6.55. The third kappa shape index (κ3) is 3.84. The molecule has 0 spiro atoms. The summed E-state index contributed by atoms with van der Waals surface area (Å²) in [5, 5.41) is 11.3. The van der Waals surface area contributed by atoms with Crippen LogP contribution in [0.5, 0.6) is 0 Å². The lowest BCUT2D eigenvalue weighted by Crippen LogP contribution is -2.32. The van der Waals surface area contributed by atoms with Gasteiger partial charge in [-0.3, -0.25) is 19.3 Å². The highest BCUT2D eigenvalue weighted by molar-refractivity contribution is 6.04. The van der Waals surface area contributed by atoms with E-state index in [9.17, 15) is 19.2 Å². The largest absolute Gasteiger partial charge is 0.481 e. The second kappa shape index (κ2) is 7.55. The van der Waals surface area contributed by atoms with Gasteiger partial charge in [0, 0.05) is 25.1 Å². The van der Waals surface area contributed by atoms with E-state index >= 15 is 0 Å². The number of nitrogens with zero attached hydrogens (tertiary/aromatic N) is 2. The summed E-state index contributed by atoms with van der Waals surface area (Å²) < 4.78 is 0. The molecular formula is C18H21N3O5. The minimum absolute atomic E-state index is 0.0513. The fraction of sp³-hybridized carbons (Fsp3) is 0.444. The first kappa shape index (κ1) is 17.9. The van der Waals surface area contributed by atoms with Gasteiger partial charge in [0.25, 0.3) is 5.91 Å². The fourth-order valence-electron chi connectivity index (χ4n) is 3.38. The fourth-order valence-corrected chi connectivity index (χ4v) is 3.38. The van der Waals surface area contributed by atoms with Gasteiger partial charge >= 0.3 is 12.0 Å². The molecule has 0 radical (unpaired) electrons. The van der Waals surface area contributed by atoms with Crippen LogP contribution < -0.4 is 5.32 Å². The molecule has 1 atom stereocenters. The second-order valence-electron chi connectivity index (χ2n) is 6.55. The average molecular weight is 359 g/mol. The van der Waals surface area contributed by atoms with Crippen molar-refractivity contribution in [3.63, 3.8) is 0 Å². The van der Waals surface area contributed by atoms with Gasteiger partial charge in [-0.1, -0.05) is 12.1 Å². The number of hydrogen-bond acceptors (Lipinski definition) is 4. The minimum atomic E-state index is -0.930. The summed E-state index contributed by atoms with van der Waals surface area (Å²) in [6.07, 6.45) is 1.92. The predicted molar refractivity (Wildman–Crippen MR) is 92.2 cm³/mol. The normalized spacial score (nSPS) is 19.0. The number of urea groups is 1. The highest BCUT2D eigenvalue weighted by Gasteiger charge is 2.47. The van der Waals surface area contributed by atoms with Crippen LogP contribution in [0.1, 0.15) is 37.7 Å². The number of aliphatic carboxylic acids is 1. The molecule has 2 fully saturated rings. The van der Waals surface area contributed by atoms with E-state index in [1.165, 1.54) is 4.90 Å². The van der Waals surface area contributed by atoms with E-state index in [-0.39, 0.29) is 49.7 Å². The molecule has 1 aromatic carbocycles. The Hall–Kier alpha value is -2.90. The van der Waals surface area contributed by atoms with Gasteiger partial charge in [0.15, 0.2) is 0 Å². The molecule has 0 bridgehead atoms. The zero-order valence-electron chi connectivity index (χ0n) is 14.3. The Kier molecular flexibility index (Phi) is 5.20. The summed E-state index contributed by atoms with van der Waals surface area (Å²) in [5.41, 5.74) is 1.30. The topological polar surface area (TPSA) is 107 Å². The molecule has 2 heterocycles. The monoisotopic (exact) mass is 359 g/mol. The molecule has 2 aliphatic heterocycles. The molecule has 2 N–H and O–H groups in total. The lowest BCUT2D eigenvalue weighted by Gasteiger charge is -2.16. The van der Waals surface area contributed by atoms with Gasteiger partial charge in [0.1, 0.15) is 6.04 Å². The number of carbonyl (C=O) groups is 4. The van der Waals surface area contributed by atoms with Gasteiger partial charge in [-0.15, -0.1) is 0 Å². The first-order valence-electron chi connectivity index (χ1n) is 8.68. The molecule has 3 rings (SSSR count). The zero-order valence-corrected chi connectivity index (χ0v) is 14.3. The maximum atomic E-state index is 12.4. The van der Waals surface area contributed by atoms with E-state index in [0.717, 1.165) is 12.0 Å². The van der Waals surface area contributed by atoms with Crippen molar-refractivity contribution in [2.75, 3.05) is 11.9 Å². The summed E-state index contributed by atoms with van der Waals surface area (Å²) in [4.78, 5) is 50.0. The molecule has 4 amide bonds. The number of anilines is 1. The van der Waals surface area contributed by atoms with Gasteiger partial charge in [0.05, 0.1) is 6.54 Å². The van der Waals surface area contributed by atoms with Crippen molar-refractivity contribution >= 4 is 29.5 Å². The molecular weight excluding hydrogens is 338 g/mol. The van der Waals surface area contributed by atoms with Crippen LogP contribution in [0.3, 0.4) is 0 Å². The summed E-state index contributed by atoms with van der Waals surface area (Å²) in [7, 11) is 0. The van der Waals surface area contributed by atoms with E-state index in [1.807, 2.05) is 0 Å². The number of fused-ring (bicyclic) bond motifs is 1.